The minimum atomic E-state index is -3.22. The van der Waals surface area contributed by atoms with Gasteiger partial charge in [-0.3, -0.25) is 4.79 Å². The lowest BCUT2D eigenvalue weighted by molar-refractivity contribution is -0.137. The number of aliphatic carboxylic acids is 1. The van der Waals surface area contributed by atoms with Crippen molar-refractivity contribution in [3.63, 3.8) is 0 Å². The fourth-order valence-electron chi connectivity index (χ4n) is 2.03. The van der Waals surface area contributed by atoms with Gasteiger partial charge in [0.25, 0.3) is 0 Å². The number of hydrogen-bond acceptors (Lipinski definition) is 3. The van der Waals surface area contributed by atoms with E-state index in [1.165, 1.54) is 4.31 Å². The van der Waals surface area contributed by atoms with Gasteiger partial charge in [0.15, 0.2) is 0 Å². The molecule has 1 atom stereocenters. The van der Waals surface area contributed by atoms with Crippen molar-refractivity contribution in [2.24, 2.45) is 11.3 Å². The fourth-order valence-corrected chi connectivity index (χ4v) is 3.98. The Morgan fingerprint density at radius 3 is 2.50 bits per heavy atom. The lowest BCUT2D eigenvalue weighted by atomic mass is 9.94. The number of carboxylic acid groups (broad SMARTS) is 1. The molecule has 1 aliphatic heterocycles. The van der Waals surface area contributed by atoms with Crippen LogP contribution < -0.4 is 0 Å². The van der Waals surface area contributed by atoms with Crippen molar-refractivity contribution in [1.82, 2.24) is 4.31 Å². The van der Waals surface area contributed by atoms with Crippen LogP contribution in [0.25, 0.3) is 0 Å². The molecule has 1 aliphatic rings. The molecule has 1 heterocycles. The fraction of sp³-hybridized carbons (Fsp3) is 0.917. The second kappa shape index (κ2) is 5.57. The highest BCUT2D eigenvalue weighted by Gasteiger charge is 2.32. The predicted octanol–water partition coefficient (Wildman–Crippen LogP) is 1.55. The molecule has 106 valence electrons. The van der Waals surface area contributed by atoms with Crippen molar-refractivity contribution >= 4 is 16.0 Å². The molecular weight excluding hydrogens is 254 g/mol. The minimum absolute atomic E-state index is 0.00669. The van der Waals surface area contributed by atoms with Gasteiger partial charge in [0.1, 0.15) is 0 Å². The molecule has 0 spiro atoms. The number of rotatable bonds is 5. The average molecular weight is 277 g/mol. The highest BCUT2D eigenvalue weighted by Crippen LogP contribution is 2.25. The van der Waals surface area contributed by atoms with Crippen LogP contribution >= 0.6 is 0 Å². The van der Waals surface area contributed by atoms with Crippen molar-refractivity contribution in [3.05, 3.63) is 0 Å². The first kappa shape index (κ1) is 15.4. The summed E-state index contributed by atoms with van der Waals surface area (Å²) in [5, 5.41) is 8.71. The van der Waals surface area contributed by atoms with Gasteiger partial charge in [0.05, 0.1) is 5.75 Å². The zero-order chi connectivity index (χ0) is 14.0. The molecule has 0 aliphatic carbocycles. The van der Waals surface area contributed by atoms with Crippen LogP contribution in [0.1, 0.15) is 40.0 Å². The lowest BCUT2D eigenvalue weighted by Crippen LogP contribution is -2.32. The predicted molar refractivity (Wildman–Crippen MR) is 69.8 cm³/mol. The number of sulfonamides is 1. The summed E-state index contributed by atoms with van der Waals surface area (Å²) in [4.78, 5) is 10.6. The van der Waals surface area contributed by atoms with Gasteiger partial charge in [0, 0.05) is 19.5 Å². The number of carboxylic acids is 1. The van der Waals surface area contributed by atoms with E-state index in [4.69, 9.17) is 5.11 Å². The van der Waals surface area contributed by atoms with E-state index in [2.05, 4.69) is 0 Å². The van der Waals surface area contributed by atoms with Gasteiger partial charge in [0.2, 0.25) is 10.0 Å². The summed E-state index contributed by atoms with van der Waals surface area (Å²) in [6, 6.07) is 0. The highest BCUT2D eigenvalue weighted by atomic mass is 32.2. The molecule has 0 amide bonds. The lowest BCUT2D eigenvalue weighted by Gasteiger charge is -2.21. The second-order valence-corrected chi connectivity index (χ2v) is 8.33. The highest BCUT2D eigenvalue weighted by molar-refractivity contribution is 7.89. The van der Waals surface area contributed by atoms with Crippen LogP contribution in [-0.4, -0.2) is 42.6 Å². The molecular formula is C12H23NO4S. The maximum absolute atomic E-state index is 12.1. The zero-order valence-electron chi connectivity index (χ0n) is 11.3. The van der Waals surface area contributed by atoms with Crippen LogP contribution in [0.15, 0.2) is 0 Å². The molecule has 1 rings (SSSR count). The third-order valence-corrected chi connectivity index (χ3v) is 5.05. The molecule has 1 saturated heterocycles. The number of carbonyl (C=O) groups is 1. The first-order valence-corrected chi connectivity index (χ1v) is 7.91. The Morgan fingerprint density at radius 1 is 1.39 bits per heavy atom. The minimum Gasteiger partial charge on any atom is -0.481 e. The molecule has 0 saturated carbocycles. The molecule has 5 nitrogen and oxygen atoms in total. The summed E-state index contributed by atoms with van der Waals surface area (Å²) >= 11 is 0. The van der Waals surface area contributed by atoms with E-state index in [0.717, 1.165) is 0 Å². The molecule has 1 unspecified atom stereocenters. The van der Waals surface area contributed by atoms with Gasteiger partial charge in [-0.05, 0) is 24.2 Å². The number of hydrogen-bond donors (Lipinski definition) is 1. The van der Waals surface area contributed by atoms with E-state index in [1.807, 2.05) is 20.8 Å². The Bertz CT molecular complexity index is 397. The van der Waals surface area contributed by atoms with Gasteiger partial charge in [-0.2, -0.15) is 0 Å². The van der Waals surface area contributed by atoms with E-state index in [1.54, 1.807) is 0 Å². The summed E-state index contributed by atoms with van der Waals surface area (Å²) in [5.74, 6) is -0.739. The van der Waals surface area contributed by atoms with Gasteiger partial charge < -0.3 is 5.11 Å². The Kier molecular flexibility index (Phi) is 4.78. The Hall–Kier alpha value is -0.620. The number of nitrogens with zero attached hydrogens (tertiary/aromatic N) is 1. The van der Waals surface area contributed by atoms with Crippen LogP contribution in [0.3, 0.4) is 0 Å². The smallest absolute Gasteiger partial charge is 0.303 e. The SMILES string of the molecule is CC(C)(C)CCS(=O)(=O)N1CCC(CC(=O)O)C1. The van der Waals surface area contributed by atoms with Crippen LogP contribution in [0.5, 0.6) is 0 Å². The first-order chi connectivity index (χ1) is 8.10. The van der Waals surface area contributed by atoms with Crippen molar-refractivity contribution in [3.8, 4) is 0 Å². The van der Waals surface area contributed by atoms with E-state index < -0.39 is 16.0 Å². The third kappa shape index (κ3) is 4.94. The van der Waals surface area contributed by atoms with Gasteiger partial charge in [-0.1, -0.05) is 20.8 Å². The first-order valence-electron chi connectivity index (χ1n) is 6.30. The molecule has 0 aromatic heterocycles. The summed E-state index contributed by atoms with van der Waals surface area (Å²) in [6.07, 6.45) is 1.34. The summed E-state index contributed by atoms with van der Waals surface area (Å²) in [6.45, 7) is 6.86. The average Bonchev–Trinajstić information content (AvgIpc) is 2.62. The quantitative estimate of drug-likeness (QED) is 0.827. The topological polar surface area (TPSA) is 74.7 Å². The molecule has 1 fully saturated rings. The zero-order valence-corrected chi connectivity index (χ0v) is 12.2. The van der Waals surface area contributed by atoms with Gasteiger partial charge in [-0.15, -0.1) is 0 Å². The Balaban J connectivity index is 2.52. The van der Waals surface area contributed by atoms with Crippen molar-refractivity contribution in [1.29, 1.82) is 0 Å². The standard InChI is InChI=1S/C12H23NO4S/c1-12(2,3)5-7-18(16,17)13-6-4-10(9-13)8-11(14)15/h10H,4-9H2,1-3H3,(H,14,15). The molecule has 0 radical (unpaired) electrons. The molecule has 0 aromatic rings. The van der Waals surface area contributed by atoms with Crippen molar-refractivity contribution in [2.75, 3.05) is 18.8 Å². The van der Waals surface area contributed by atoms with E-state index in [-0.39, 0.29) is 23.5 Å². The third-order valence-electron chi connectivity index (χ3n) is 3.22. The van der Waals surface area contributed by atoms with Crippen LogP contribution in [0, 0.1) is 11.3 Å². The van der Waals surface area contributed by atoms with Crippen LogP contribution in [-0.2, 0) is 14.8 Å². The summed E-state index contributed by atoms with van der Waals surface area (Å²) in [7, 11) is -3.22. The van der Waals surface area contributed by atoms with E-state index >= 15 is 0 Å². The van der Waals surface area contributed by atoms with E-state index in [0.29, 0.717) is 25.9 Å². The molecule has 18 heavy (non-hydrogen) atoms. The maximum atomic E-state index is 12.1. The van der Waals surface area contributed by atoms with Crippen molar-refractivity contribution in [2.45, 2.75) is 40.0 Å². The largest absolute Gasteiger partial charge is 0.481 e. The Labute approximate surface area is 109 Å². The molecule has 1 N–H and O–H groups in total. The normalized spacial score (nSPS) is 22.3. The molecule has 6 heteroatoms. The Morgan fingerprint density at radius 2 is 2.00 bits per heavy atom. The van der Waals surface area contributed by atoms with Crippen molar-refractivity contribution < 1.29 is 18.3 Å². The van der Waals surface area contributed by atoms with Crippen LogP contribution in [0.2, 0.25) is 0 Å². The molecule has 0 aromatic carbocycles. The molecule has 0 bridgehead atoms. The maximum Gasteiger partial charge on any atom is 0.303 e. The van der Waals surface area contributed by atoms with Crippen LogP contribution in [0.4, 0.5) is 0 Å². The summed E-state index contributed by atoms with van der Waals surface area (Å²) in [5.41, 5.74) is -0.00669. The monoisotopic (exact) mass is 277 g/mol. The van der Waals surface area contributed by atoms with Gasteiger partial charge >= 0.3 is 5.97 Å². The summed E-state index contributed by atoms with van der Waals surface area (Å²) < 4.78 is 25.6. The van der Waals surface area contributed by atoms with E-state index in [9.17, 15) is 13.2 Å². The second-order valence-electron chi connectivity index (χ2n) is 6.24. The van der Waals surface area contributed by atoms with Gasteiger partial charge in [-0.25, -0.2) is 12.7 Å².